The van der Waals surface area contributed by atoms with Gasteiger partial charge in [-0.1, -0.05) is 54.2 Å². The first-order valence-corrected chi connectivity index (χ1v) is 11.8. The van der Waals surface area contributed by atoms with Crippen molar-refractivity contribution in [2.45, 2.75) is 16.4 Å². The molecule has 1 aliphatic rings. The number of thioether (sulfide) groups is 1. The van der Waals surface area contributed by atoms with E-state index in [1.54, 1.807) is 38.5 Å². The lowest BCUT2D eigenvalue weighted by molar-refractivity contribution is 0.0980. The molecule has 0 saturated carbocycles. The minimum atomic E-state index is -0.590. The van der Waals surface area contributed by atoms with Crippen molar-refractivity contribution < 1.29 is 14.3 Å². The molecule has 1 N–H and O–H groups in total. The summed E-state index contributed by atoms with van der Waals surface area (Å²) in [4.78, 5) is 27.0. The Labute approximate surface area is 205 Å². The van der Waals surface area contributed by atoms with Crippen LogP contribution in [0.2, 0.25) is 0 Å². The van der Waals surface area contributed by atoms with E-state index in [-0.39, 0.29) is 17.0 Å². The van der Waals surface area contributed by atoms with Crippen molar-refractivity contribution in [3.63, 3.8) is 0 Å². The number of carbonyl (C=O) groups is 1. The minimum absolute atomic E-state index is 0.0985. The van der Waals surface area contributed by atoms with Crippen LogP contribution in [0.15, 0.2) is 88.8 Å². The molecule has 0 saturated heterocycles. The number of Topliss-reactive ketones (excluding diaryl/α,β-unsaturated/α-hetero) is 1. The van der Waals surface area contributed by atoms with Crippen molar-refractivity contribution in [1.82, 2.24) is 14.9 Å². The minimum Gasteiger partial charge on any atom is -0.497 e. The normalized spacial score (nSPS) is 16.6. The molecule has 0 fully saturated rings. The van der Waals surface area contributed by atoms with E-state index in [9.17, 15) is 9.59 Å². The number of methoxy groups -OCH3 is 2. The van der Waals surface area contributed by atoms with Crippen LogP contribution in [-0.4, -0.2) is 40.1 Å². The quantitative estimate of drug-likeness (QED) is 0.409. The van der Waals surface area contributed by atoms with Gasteiger partial charge in [-0.3, -0.25) is 9.59 Å². The molecule has 0 bridgehead atoms. The summed E-state index contributed by atoms with van der Waals surface area (Å²) in [6.07, 6.45) is 0. The second-order valence-corrected chi connectivity index (χ2v) is 8.96. The Morgan fingerprint density at radius 1 is 0.886 bits per heavy atom. The first-order valence-electron chi connectivity index (χ1n) is 10.9. The van der Waals surface area contributed by atoms with Crippen LogP contribution in [-0.2, 0) is 0 Å². The topological polar surface area (TPSA) is 95.3 Å². The van der Waals surface area contributed by atoms with Gasteiger partial charge >= 0.3 is 0 Å². The van der Waals surface area contributed by atoms with Crippen LogP contribution in [0.25, 0.3) is 11.3 Å². The van der Waals surface area contributed by atoms with Crippen molar-refractivity contribution in [1.29, 1.82) is 0 Å². The van der Waals surface area contributed by atoms with E-state index in [2.05, 4.69) is 15.6 Å². The van der Waals surface area contributed by atoms with Crippen LogP contribution < -0.4 is 20.5 Å². The van der Waals surface area contributed by atoms with Crippen LogP contribution in [0, 0.1) is 0 Å². The number of carbonyl (C=O) groups excluding carboxylic acids is 1. The van der Waals surface area contributed by atoms with Crippen LogP contribution >= 0.6 is 11.8 Å². The van der Waals surface area contributed by atoms with Crippen LogP contribution in [0.3, 0.4) is 0 Å². The van der Waals surface area contributed by atoms with Crippen LogP contribution in [0.5, 0.6) is 11.5 Å². The standard InChI is InChI=1S/C26H22N4O4S/c1-33-19-12-8-17(9-13-19)21-24(23(31)18-10-14-20(34-2)15-11-18)35-26-28-27-22(25(32)30(26)29-21)16-6-4-3-5-7-16/h3-15,21,24,29H,1-2H3/t21-,24+/m1/s1. The van der Waals surface area contributed by atoms with Gasteiger partial charge in [0, 0.05) is 11.1 Å². The van der Waals surface area contributed by atoms with Crippen molar-refractivity contribution in [2.75, 3.05) is 19.6 Å². The molecule has 0 amide bonds. The number of benzene rings is 3. The lowest BCUT2D eigenvalue weighted by Crippen LogP contribution is -2.45. The van der Waals surface area contributed by atoms with Crippen molar-refractivity contribution in [3.05, 3.63) is 100 Å². The number of nitrogens with zero attached hydrogens (tertiary/aromatic N) is 3. The van der Waals surface area contributed by atoms with Crippen LogP contribution in [0.4, 0.5) is 0 Å². The Morgan fingerprint density at radius 3 is 2.14 bits per heavy atom. The summed E-state index contributed by atoms with van der Waals surface area (Å²) in [6, 6.07) is 23.1. The van der Waals surface area contributed by atoms with E-state index in [1.807, 2.05) is 54.6 Å². The summed E-state index contributed by atoms with van der Waals surface area (Å²) in [6.45, 7) is 0. The number of ether oxygens (including phenoxy) is 2. The zero-order valence-electron chi connectivity index (χ0n) is 19.0. The summed E-state index contributed by atoms with van der Waals surface area (Å²) in [5, 5.41) is 8.21. The van der Waals surface area contributed by atoms with E-state index < -0.39 is 11.3 Å². The predicted octanol–water partition coefficient (Wildman–Crippen LogP) is 3.96. The van der Waals surface area contributed by atoms with Gasteiger partial charge in [0.25, 0.3) is 5.56 Å². The first-order chi connectivity index (χ1) is 17.1. The summed E-state index contributed by atoms with van der Waals surface area (Å²) in [5.74, 6) is 1.27. The molecule has 1 aromatic heterocycles. The average Bonchev–Trinajstić information content (AvgIpc) is 2.93. The number of hydrogen-bond acceptors (Lipinski definition) is 8. The fourth-order valence-electron chi connectivity index (χ4n) is 3.91. The summed E-state index contributed by atoms with van der Waals surface area (Å²) in [5.41, 5.74) is 5.19. The molecule has 2 atom stereocenters. The molecule has 8 nitrogen and oxygen atoms in total. The first kappa shape index (κ1) is 22.7. The fourth-order valence-corrected chi connectivity index (χ4v) is 5.07. The molecule has 0 unspecified atom stereocenters. The van der Waals surface area contributed by atoms with Crippen molar-refractivity contribution >= 4 is 17.5 Å². The second kappa shape index (κ2) is 9.63. The molecule has 35 heavy (non-hydrogen) atoms. The maximum absolute atomic E-state index is 13.6. The molecule has 9 heteroatoms. The third-order valence-corrected chi connectivity index (χ3v) is 7.01. The zero-order valence-corrected chi connectivity index (χ0v) is 19.9. The highest BCUT2D eigenvalue weighted by Crippen LogP contribution is 2.38. The van der Waals surface area contributed by atoms with Gasteiger partial charge in [-0.15, -0.1) is 10.2 Å². The molecule has 2 heterocycles. The highest BCUT2D eigenvalue weighted by molar-refractivity contribution is 8.00. The Morgan fingerprint density at radius 2 is 1.51 bits per heavy atom. The fraction of sp³-hybridized carbons (Fsp3) is 0.154. The monoisotopic (exact) mass is 486 g/mol. The molecule has 0 spiro atoms. The maximum atomic E-state index is 13.6. The van der Waals surface area contributed by atoms with Crippen molar-refractivity contribution in [3.8, 4) is 22.8 Å². The Balaban J connectivity index is 1.57. The highest BCUT2D eigenvalue weighted by Gasteiger charge is 2.38. The van der Waals surface area contributed by atoms with Gasteiger partial charge in [-0.05, 0) is 42.0 Å². The molecular weight excluding hydrogens is 464 g/mol. The lowest BCUT2D eigenvalue weighted by Gasteiger charge is -2.33. The summed E-state index contributed by atoms with van der Waals surface area (Å²) < 4.78 is 11.9. The molecule has 5 rings (SSSR count). The van der Waals surface area contributed by atoms with Gasteiger partial charge in [-0.25, -0.2) is 0 Å². The number of ketones is 1. The van der Waals surface area contributed by atoms with Crippen molar-refractivity contribution in [2.24, 2.45) is 0 Å². The molecule has 176 valence electrons. The van der Waals surface area contributed by atoms with Gasteiger partial charge in [0.15, 0.2) is 11.5 Å². The van der Waals surface area contributed by atoms with E-state index in [4.69, 9.17) is 9.47 Å². The number of aromatic nitrogens is 3. The molecule has 4 aromatic rings. The number of hydrogen-bond donors (Lipinski definition) is 1. The third kappa shape index (κ3) is 4.38. The molecule has 0 aliphatic carbocycles. The number of nitrogens with one attached hydrogen (secondary N) is 1. The smallest absolute Gasteiger partial charge is 0.299 e. The molecule has 3 aromatic carbocycles. The van der Waals surface area contributed by atoms with E-state index in [0.717, 1.165) is 5.56 Å². The van der Waals surface area contributed by atoms with Gasteiger partial charge in [0.2, 0.25) is 5.16 Å². The summed E-state index contributed by atoms with van der Waals surface area (Å²) in [7, 11) is 3.17. The van der Waals surface area contributed by atoms with E-state index in [0.29, 0.717) is 27.8 Å². The van der Waals surface area contributed by atoms with E-state index >= 15 is 0 Å². The average molecular weight is 487 g/mol. The Hall–Kier alpha value is -4.11. The number of fused-ring (bicyclic) bond motifs is 1. The predicted molar refractivity (Wildman–Crippen MR) is 134 cm³/mol. The van der Waals surface area contributed by atoms with Gasteiger partial charge in [-0.2, -0.15) is 4.68 Å². The Kier molecular flexibility index (Phi) is 6.24. The largest absolute Gasteiger partial charge is 0.497 e. The van der Waals surface area contributed by atoms with Gasteiger partial charge in [0.1, 0.15) is 16.7 Å². The highest BCUT2D eigenvalue weighted by atomic mass is 32.2. The lowest BCUT2D eigenvalue weighted by atomic mass is 9.97. The third-order valence-electron chi connectivity index (χ3n) is 5.79. The van der Waals surface area contributed by atoms with Gasteiger partial charge in [0.05, 0.1) is 20.3 Å². The SMILES string of the molecule is COc1ccc(C(=O)[C@H]2Sc3nnc(-c4ccccc4)c(=O)n3N[C@@H]2c2ccc(OC)cc2)cc1. The maximum Gasteiger partial charge on any atom is 0.299 e. The molecule has 0 radical (unpaired) electrons. The second-order valence-electron chi connectivity index (χ2n) is 7.85. The Bertz CT molecular complexity index is 1410. The van der Waals surface area contributed by atoms with Gasteiger partial charge < -0.3 is 14.9 Å². The number of rotatable bonds is 6. The molecule has 1 aliphatic heterocycles. The van der Waals surface area contributed by atoms with Crippen LogP contribution in [0.1, 0.15) is 22.0 Å². The van der Waals surface area contributed by atoms with E-state index in [1.165, 1.54) is 16.4 Å². The zero-order chi connectivity index (χ0) is 24.4. The molecular formula is C26H22N4O4S. The summed E-state index contributed by atoms with van der Waals surface area (Å²) >= 11 is 1.22.